The first-order chi connectivity index (χ1) is 4.77. The van der Waals surface area contributed by atoms with Gasteiger partial charge in [0, 0.05) is 5.56 Å². The minimum absolute atomic E-state index is 0.490. The van der Waals surface area contributed by atoms with Gasteiger partial charge in [0.2, 0.25) is 0 Å². The largest absolute Gasteiger partial charge is 0.298 e. The van der Waals surface area contributed by atoms with E-state index in [0.717, 1.165) is 2.88 Å². The molecule has 0 aromatic carbocycles. The fraction of sp³-hybridized carbons (Fsp3) is 0. The van der Waals surface area contributed by atoms with Crippen LogP contribution in [0, 0.1) is 2.88 Å². The lowest BCUT2D eigenvalue weighted by molar-refractivity contribution is 0.109. The first kappa shape index (κ1) is 7.87. The molecule has 0 radical (unpaired) electrons. The highest BCUT2D eigenvalue weighted by Crippen LogP contribution is 2.20. The van der Waals surface area contributed by atoms with E-state index in [2.05, 4.69) is 22.6 Å². The molecular weight excluding hydrogens is 263 g/mol. The number of rotatable bonds is 2. The smallest absolute Gasteiger partial charge is 0.160 e. The highest BCUT2D eigenvalue weighted by molar-refractivity contribution is 14.1. The van der Waals surface area contributed by atoms with Gasteiger partial charge in [-0.3, -0.25) is 9.59 Å². The maximum Gasteiger partial charge on any atom is 0.160 e. The summed E-state index contributed by atoms with van der Waals surface area (Å²) in [6.07, 6.45) is 1.40. The highest BCUT2D eigenvalue weighted by Gasteiger charge is 2.04. The van der Waals surface area contributed by atoms with E-state index in [9.17, 15) is 9.59 Å². The zero-order valence-electron chi connectivity index (χ0n) is 4.83. The van der Waals surface area contributed by atoms with E-state index < -0.39 is 0 Å². The predicted molar refractivity (Wildman–Crippen MR) is 47.8 cm³/mol. The van der Waals surface area contributed by atoms with E-state index >= 15 is 0 Å². The maximum atomic E-state index is 10.2. The number of hydrogen-bond acceptors (Lipinski definition) is 3. The molecule has 4 heteroatoms. The summed E-state index contributed by atoms with van der Waals surface area (Å²) < 4.78 is 0.960. The fourth-order valence-corrected chi connectivity index (χ4v) is 2.29. The summed E-state index contributed by atoms with van der Waals surface area (Å²) in [5, 5.41) is 0. The molecule has 0 fully saturated rings. The molecule has 0 aliphatic rings. The van der Waals surface area contributed by atoms with Gasteiger partial charge in [-0.1, -0.05) is 0 Å². The van der Waals surface area contributed by atoms with Gasteiger partial charge in [0.1, 0.15) is 0 Å². The summed E-state index contributed by atoms with van der Waals surface area (Å²) in [7, 11) is 0. The van der Waals surface area contributed by atoms with Gasteiger partial charge in [-0.2, -0.15) is 0 Å². The molecule has 52 valence electrons. The predicted octanol–water partition coefficient (Wildman–Crippen LogP) is 1.98. The lowest BCUT2D eigenvalue weighted by Crippen LogP contribution is -1.79. The normalized spacial score (nSPS) is 9.30. The molecule has 0 aliphatic carbocycles. The summed E-state index contributed by atoms with van der Waals surface area (Å²) in [5.41, 5.74) is 0.490. The van der Waals surface area contributed by atoms with Crippen LogP contribution >= 0.6 is 33.9 Å². The molecule has 0 saturated heterocycles. The highest BCUT2D eigenvalue weighted by atomic mass is 127. The molecule has 0 amide bonds. The minimum atomic E-state index is 0.490. The number of carbonyl (C=O) groups excluding carboxylic acids is 2. The molecule has 0 aliphatic heterocycles. The van der Waals surface area contributed by atoms with Gasteiger partial charge >= 0.3 is 0 Å². The average Bonchev–Trinajstić information content (AvgIpc) is 2.30. The summed E-state index contributed by atoms with van der Waals surface area (Å²) >= 11 is 3.40. The molecule has 10 heavy (non-hydrogen) atoms. The molecule has 0 N–H and O–H groups in total. The second-order valence-electron chi connectivity index (χ2n) is 1.61. The monoisotopic (exact) mass is 266 g/mol. The molecule has 0 atom stereocenters. The van der Waals surface area contributed by atoms with E-state index in [1.54, 1.807) is 6.07 Å². The van der Waals surface area contributed by atoms with E-state index in [-0.39, 0.29) is 0 Å². The standard InChI is InChI=1S/C6H3IO2S/c7-6-1-4(2-8)5(3-9)10-6/h1-3H. The number of hydrogen-bond donors (Lipinski definition) is 0. The van der Waals surface area contributed by atoms with Crippen LogP contribution in [-0.4, -0.2) is 12.6 Å². The molecule has 0 spiro atoms. The number of aldehydes is 2. The minimum Gasteiger partial charge on any atom is -0.298 e. The van der Waals surface area contributed by atoms with Crippen LogP contribution in [0.5, 0.6) is 0 Å². The first-order valence-corrected chi connectivity index (χ1v) is 4.37. The van der Waals surface area contributed by atoms with Crippen molar-refractivity contribution >= 4 is 46.5 Å². The van der Waals surface area contributed by atoms with Gasteiger partial charge < -0.3 is 0 Å². The Bertz CT molecular complexity index is 241. The lowest BCUT2D eigenvalue weighted by Gasteiger charge is -1.78. The summed E-state index contributed by atoms with van der Waals surface area (Å²) in [6, 6.07) is 1.70. The summed E-state index contributed by atoms with van der Waals surface area (Å²) in [5.74, 6) is 0. The zero-order valence-corrected chi connectivity index (χ0v) is 7.81. The Hall–Kier alpha value is -0.230. The van der Waals surface area contributed by atoms with Gasteiger partial charge in [0.05, 0.1) is 7.76 Å². The Morgan fingerprint density at radius 2 is 2.10 bits per heavy atom. The number of thiophene rings is 1. The van der Waals surface area contributed by atoms with Gasteiger partial charge in [-0.15, -0.1) is 11.3 Å². The number of halogens is 1. The Morgan fingerprint density at radius 3 is 2.50 bits per heavy atom. The van der Waals surface area contributed by atoms with Crippen molar-refractivity contribution in [2.24, 2.45) is 0 Å². The van der Waals surface area contributed by atoms with Crippen LogP contribution < -0.4 is 0 Å². The van der Waals surface area contributed by atoms with Crippen LogP contribution in [0.25, 0.3) is 0 Å². The van der Waals surface area contributed by atoms with Crippen LogP contribution in [0.15, 0.2) is 6.07 Å². The van der Waals surface area contributed by atoms with Crippen LogP contribution in [0.1, 0.15) is 20.0 Å². The van der Waals surface area contributed by atoms with Gasteiger partial charge in [-0.25, -0.2) is 0 Å². The zero-order chi connectivity index (χ0) is 7.56. The Balaban J connectivity index is 3.20. The quantitative estimate of drug-likeness (QED) is 0.606. The van der Waals surface area contributed by atoms with Crippen molar-refractivity contribution in [3.63, 3.8) is 0 Å². The van der Waals surface area contributed by atoms with Crippen molar-refractivity contribution in [1.82, 2.24) is 0 Å². The Kier molecular flexibility index (Phi) is 2.56. The second kappa shape index (κ2) is 3.25. The van der Waals surface area contributed by atoms with E-state index in [0.29, 0.717) is 23.0 Å². The van der Waals surface area contributed by atoms with Gasteiger partial charge in [-0.05, 0) is 28.7 Å². The molecular formula is C6H3IO2S. The Labute approximate surface area is 75.4 Å². The summed E-state index contributed by atoms with van der Waals surface area (Å²) in [4.78, 5) is 21.0. The van der Waals surface area contributed by atoms with Crippen molar-refractivity contribution in [2.75, 3.05) is 0 Å². The van der Waals surface area contributed by atoms with Crippen LogP contribution in [0.3, 0.4) is 0 Å². The second-order valence-corrected chi connectivity index (χ2v) is 4.58. The Morgan fingerprint density at radius 1 is 1.40 bits per heavy atom. The summed E-state index contributed by atoms with van der Waals surface area (Å²) in [6.45, 7) is 0. The molecule has 1 aromatic heterocycles. The fourth-order valence-electron chi connectivity index (χ4n) is 0.571. The van der Waals surface area contributed by atoms with E-state index in [1.807, 2.05) is 0 Å². The van der Waals surface area contributed by atoms with Crippen molar-refractivity contribution < 1.29 is 9.59 Å². The van der Waals surface area contributed by atoms with Crippen LogP contribution in [0.2, 0.25) is 0 Å². The van der Waals surface area contributed by atoms with Crippen LogP contribution in [0.4, 0.5) is 0 Å². The van der Waals surface area contributed by atoms with Gasteiger partial charge in [0.15, 0.2) is 12.6 Å². The topological polar surface area (TPSA) is 34.1 Å². The maximum absolute atomic E-state index is 10.2. The molecule has 2 nitrogen and oxygen atoms in total. The third kappa shape index (κ3) is 1.43. The third-order valence-corrected chi connectivity index (χ3v) is 2.83. The van der Waals surface area contributed by atoms with E-state index in [4.69, 9.17) is 0 Å². The molecule has 1 aromatic rings. The molecule has 1 rings (SSSR count). The van der Waals surface area contributed by atoms with Crippen LogP contribution in [-0.2, 0) is 0 Å². The van der Waals surface area contributed by atoms with Crippen molar-refractivity contribution in [2.45, 2.75) is 0 Å². The lowest BCUT2D eigenvalue weighted by atomic mass is 10.3. The third-order valence-electron chi connectivity index (χ3n) is 0.995. The molecule has 1 heterocycles. The van der Waals surface area contributed by atoms with Crippen molar-refractivity contribution in [1.29, 1.82) is 0 Å². The van der Waals surface area contributed by atoms with Crippen molar-refractivity contribution in [3.8, 4) is 0 Å². The molecule has 0 saturated carbocycles. The molecule has 0 bridgehead atoms. The average molecular weight is 266 g/mol. The first-order valence-electron chi connectivity index (χ1n) is 2.47. The van der Waals surface area contributed by atoms with E-state index in [1.165, 1.54) is 11.3 Å². The van der Waals surface area contributed by atoms with Crippen molar-refractivity contribution in [3.05, 3.63) is 19.4 Å². The molecule has 0 unspecified atom stereocenters. The SMILES string of the molecule is O=Cc1cc(I)sc1C=O. The van der Waals surface area contributed by atoms with Gasteiger partial charge in [0.25, 0.3) is 0 Å². The number of carbonyl (C=O) groups is 2.